The zero-order chi connectivity index (χ0) is 21.2. The fraction of sp³-hybridized carbons (Fsp3) is 0.278. The Morgan fingerprint density at radius 2 is 1.97 bits per heavy atom. The van der Waals surface area contributed by atoms with Crippen molar-refractivity contribution in [2.45, 2.75) is 23.5 Å². The van der Waals surface area contributed by atoms with Gasteiger partial charge in [0, 0.05) is 18.3 Å². The van der Waals surface area contributed by atoms with Crippen molar-refractivity contribution in [2.75, 3.05) is 23.3 Å². The molecule has 8 nitrogen and oxygen atoms in total. The van der Waals surface area contributed by atoms with Crippen LogP contribution in [0.5, 0.6) is 0 Å². The molecule has 0 aliphatic carbocycles. The van der Waals surface area contributed by atoms with Crippen LogP contribution in [0.25, 0.3) is 0 Å². The molecule has 0 aromatic heterocycles. The number of alkyl halides is 2. The number of nitrogens with zero attached hydrogens (tertiary/aromatic N) is 2. The number of carbonyl (C=O) groups excluding carboxylic acids is 1. The maximum absolute atomic E-state index is 12.7. The van der Waals surface area contributed by atoms with Gasteiger partial charge in [0.25, 0.3) is 5.69 Å². The minimum atomic E-state index is -4.97. The van der Waals surface area contributed by atoms with Gasteiger partial charge in [0.15, 0.2) is 0 Å². The van der Waals surface area contributed by atoms with E-state index in [1.54, 1.807) is 4.90 Å². The third-order valence-corrected chi connectivity index (χ3v) is 5.95. The van der Waals surface area contributed by atoms with Crippen LogP contribution < -0.4 is 10.2 Å². The average molecular weight is 425 g/mol. The molecule has 1 aliphatic heterocycles. The standard InChI is InChI=1S/C18H17F2N3O5S/c19-18(20)29(27,28)13-7-8-14(16(10-13)23(25)26)21-11-17(24)22-9-3-5-12-4-1-2-6-15(12)22/h1-2,4,6-8,10,18,21H,3,5,9,11H2. The third-order valence-electron chi connectivity index (χ3n) is 4.57. The highest BCUT2D eigenvalue weighted by Crippen LogP contribution is 2.30. The predicted molar refractivity (Wildman–Crippen MR) is 102 cm³/mol. The quantitative estimate of drug-likeness (QED) is 0.563. The van der Waals surface area contributed by atoms with E-state index in [0.29, 0.717) is 12.6 Å². The lowest BCUT2D eigenvalue weighted by molar-refractivity contribution is -0.384. The number of halogens is 2. The first-order chi connectivity index (χ1) is 13.7. The normalized spacial score (nSPS) is 13.8. The summed E-state index contributed by atoms with van der Waals surface area (Å²) in [6.45, 7) is 0.224. The number of hydrogen-bond donors (Lipinski definition) is 1. The van der Waals surface area contributed by atoms with Crippen molar-refractivity contribution >= 4 is 32.8 Å². The van der Waals surface area contributed by atoms with Crippen LogP contribution in [-0.4, -0.2) is 38.1 Å². The molecule has 0 saturated carbocycles. The van der Waals surface area contributed by atoms with Crippen molar-refractivity contribution in [3.8, 4) is 0 Å². The molecular formula is C18H17F2N3O5S. The zero-order valence-corrected chi connectivity index (χ0v) is 15.9. The number of aryl methyl sites for hydroxylation is 1. The Balaban J connectivity index is 1.81. The molecule has 2 aromatic carbocycles. The van der Waals surface area contributed by atoms with E-state index in [9.17, 15) is 32.1 Å². The second-order valence-electron chi connectivity index (χ2n) is 6.37. The first-order valence-electron chi connectivity index (χ1n) is 8.64. The van der Waals surface area contributed by atoms with Crippen molar-refractivity contribution in [3.63, 3.8) is 0 Å². The van der Waals surface area contributed by atoms with E-state index in [0.717, 1.165) is 36.2 Å². The van der Waals surface area contributed by atoms with Gasteiger partial charge in [0.1, 0.15) is 5.69 Å². The number of nitrogens with one attached hydrogen (secondary N) is 1. The number of carbonyl (C=O) groups is 1. The molecule has 1 heterocycles. The molecule has 2 aromatic rings. The Labute approximate surface area is 165 Å². The van der Waals surface area contributed by atoms with E-state index >= 15 is 0 Å². The van der Waals surface area contributed by atoms with E-state index in [-0.39, 0.29) is 18.1 Å². The van der Waals surface area contributed by atoms with E-state index in [4.69, 9.17) is 0 Å². The molecule has 0 fully saturated rings. The first-order valence-corrected chi connectivity index (χ1v) is 10.2. The van der Waals surface area contributed by atoms with Gasteiger partial charge in [-0.1, -0.05) is 18.2 Å². The minimum absolute atomic E-state index is 0.137. The third kappa shape index (κ3) is 4.19. The number of fused-ring (bicyclic) bond motifs is 1. The zero-order valence-electron chi connectivity index (χ0n) is 15.0. The summed E-state index contributed by atoms with van der Waals surface area (Å²) in [4.78, 5) is 23.7. The van der Waals surface area contributed by atoms with Crippen molar-refractivity contribution in [3.05, 3.63) is 58.1 Å². The van der Waals surface area contributed by atoms with Crippen LogP contribution in [0.3, 0.4) is 0 Å². The number of amides is 1. The van der Waals surface area contributed by atoms with Gasteiger partial charge in [0.05, 0.1) is 16.4 Å². The molecule has 0 spiro atoms. The summed E-state index contributed by atoms with van der Waals surface area (Å²) in [6, 6.07) is 9.84. The van der Waals surface area contributed by atoms with Gasteiger partial charge >= 0.3 is 5.76 Å². The number of rotatable bonds is 6. The summed E-state index contributed by atoms with van der Waals surface area (Å²) >= 11 is 0. The number of nitro groups is 1. The Morgan fingerprint density at radius 1 is 1.24 bits per heavy atom. The number of para-hydroxylation sites is 1. The van der Waals surface area contributed by atoms with Crippen molar-refractivity contribution in [1.29, 1.82) is 0 Å². The van der Waals surface area contributed by atoms with E-state index in [1.807, 2.05) is 24.3 Å². The van der Waals surface area contributed by atoms with Crippen LogP contribution in [0.15, 0.2) is 47.4 Å². The lowest BCUT2D eigenvalue weighted by atomic mass is 10.0. The van der Waals surface area contributed by atoms with E-state index in [1.165, 1.54) is 0 Å². The lowest BCUT2D eigenvalue weighted by Gasteiger charge is -2.29. The van der Waals surface area contributed by atoms with Crippen molar-refractivity contribution < 1.29 is 26.9 Å². The van der Waals surface area contributed by atoms with E-state index < -0.39 is 31.1 Å². The van der Waals surface area contributed by atoms with Crippen LogP contribution in [0, 0.1) is 10.1 Å². The molecule has 154 valence electrons. The minimum Gasteiger partial charge on any atom is -0.371 e. The van der Waals surface area contributed by atoms with Gasteiger partial charge in [-0.15, -0.1) is 0 Å². The van der Waals surface area contributed by atoms with Crippen molar-refractivity contribution in [1.82, 2.24) is 0 Å². The summed E-state index contributed by atoms with van der Waals surface area (Å²) in [7, 11) is -4.97. The molecule has 0 saturated heterocycles. The topological polar surface area (TPSA) is 110 Å². The smallest absolute Gasteiger partial charge is 0.341 e. The molecule has 1 N–H and O–H groups in total. The summed E-state index contributed by atoms with van der Waals surface area (Å²) in [5, 5.41) is 13.9. The summed E-state index contributed by atoms with van der Waals surface area (Å²) in [5.74, 6) is -4.02. The molecule has 0 bridgehead atoms. The second kappa shape index (κ2) is 8.11. The Bertz CT molecular complexity index is 1060. The van der Waals surface area contributed by atoms with Crippen LogP contribution in [-0.2, 0) is 21.1 Å². The molecule has 1 amide bonds. The molecule has 0 unspecified atom stereocenters. The summed E-state index contributed by atoms with van der Waals surface area (Å²) in [5.41, 5.74) is 0.957. The van der Waals surface area contributed by atoms with Crippen LogP contribution in [0.4, 0.5) is 25.8 Å². The number of benzene rings is 2. The van der Waals surface area contributed by atoms with Crippen LogP contribution >= 0.6 is 0 Å². The monoisotopic (exact) mass is 425 g/mol. The number of sulfone groups is 1. The lowest BCUT2D eigenvalue weighted by Crippen LogP contribution is -2.39. The van der Waals surface area contributed by atoms with Gasteiger partial charge in [0.2, 0.25) is 15.7 Å². The predicted octanol–water partition coefficient (Wildman–Crippen LogP) is 2.98. The average Bonchev–Trinajstić information content (AvgIpc) is 2.71. The number of anilines is 2. The van der Waals surface area contributed by atoms with Gasteiger partial charge in [-0.05, 0) is 36.6 Å². The molecule has 29 heavy (non-hydrogen) atoms. The first kappa shape index (κ1) is 20.6. The Morgan fingerprint density at radius 3 is 2.66 bits per heavy atom. The summed E-state index contributed by atoms with van der Waals surface area (Å²) in [6.07, 6.45) is 1.63. The molecule has 11 heteroatoms. The summed E-state index contributed by atoms with van der Waals surface area (Å²) < 4.78 is 48.5. The second-order valence-corrected chi connectivity index (χ2v) is 8.29. The van der Waals surface area contributed by atoms with Crippen molar-refractivity contribution in [2.24, 2.45) is 0 Å². The highest BCUT2D eigenvalue weighted by molar-refractivity contribution is 7.91. The SMILES string of the molecule is O=C(CNc1ccc(S(=O)(=O)C(F)F)cc1[N+](=O)[O-])N1CCCc2ccccc21. The number of nitro benzene ring substituents is 1. The van der Waals surface area contributed by atoms with Crippen LogP contribution in [0.2, 0.25) is 0 Å². The van der Waals surface area contributed by atoms with Crippen LogP contribution in [0.1, 0.15) is 12.0 Å². The fourth-order valence-electron chi connectivity index (χ4n) is 3.15. The maximum Gasteiger partial charge on any atom is 0.341 e. The Hall–Kier alpha value is -3.08. The van der Waals surface area contributed by atoms with Gasteiger partial charge in [-0.2, -0.15) is 8.78 Å². The largest absolute Gasteiger partial charge is 0.371 e. The number of hydrogen-bond acceptors (Lipinski definition) is 6. The van der Waals surface area contributed by atoms with Gasteiger partial charge in [-0.25, -0.2) is 8.42 Å². The van der Waals surface area contributed by atoms with Gasteiger partial charge < -0.3 is 10.2 Å². The molecule has 1 aliphatic rings. The van der Waals surface area contributed by atoms with Gasteiger partial charge in [-0.3, -0.25) is 14.9 Å². The maximum atomic E-state index is 12.7. The molecule has 3 rings (SSSR count). The molecule has 0 radical (unpaired) electrons. The molecular weight excluding hydrogens is 408 g/mol. The highest BCUT2D eigenvalue weighted by Gasteiger charge is 2.30. The highest BCUT2D eigenvalue weighted by atomic mass is 32.2. The molecule has 0 atom stereocenters. The Kier molecular flexibility index (Phi) is 5.78. The van der Waals surface area contributed by atoms with E-state index in [2.05, 4.69) is 5.32 Å². The fourth-order valence-corrected chi connectivity index (χ4v) is 3.89.